The van der Waals surface area contributed by atoms with Crippen molar-refractivity contribution < 1.29 is 0 Å². The summed E-state index contributed by atoms with van der Waals surface area (Å²) in [4.78, 5) is 2.57. The van der Waals surface area contributed by atoms with Crippen molar-refractivity contribution in [2.45, 2.75) is 45.6 Å². The monoisotopic (exact) mass is 210 g/mol. The van der Waals surface area contributed by atoms with Gasteiger partial charge in [0.1, 0.15) is 0 Å². The third-order valence-corrected chi connectivity index (χ3v) is 4.22. The molecule has 0 aromatic heterocycles. The molecule has 2 heteroatoms. The maximum absolute atomic E-state index is 3.73. The van der Waals surface area contributed by atoms with E-state index in [0.29, 0.717) is 0 Å². The molecule has 1 saturated heterocycles. The summed E-state index contributed by atoms with van der Waals surface area (Å²) in [6, 6.07) is 0.851. The highest BCUT2D eigenvalue weighted by Gasteiger charge is 2.26. The summed E-state index contributed by atoms with van der Waals surface area (Å²) < 4.78 is 0. The summed E-state index contributed by atoms with van der Waals surface area (Å²) in [5, 5.41) is 3.73. The van der Waals surface area contributed by atoms with Crippen molar-refractivity contribution in [3.8, 4) is 0 Å². The Balaban J connectivity index is 1.56. The molecule has 88 valence electrons. The molecule has 2 rings (SSSR count). The summed E-state index contributed by atoms with van der Waals surface area (Å²) in [7, 11) is 0. The van der Waals surface area contributed by atoms with Gasteiger partial charge in [0.05, 0.1) is 0 Å². The molecule has 0 aromatic carbocycles. The van der Waals surface area contributed by atoms with Crippen LogP contribution < -0.4 is 5.32 Å². The third kappa shape index (κ3) is 3.18. The van der Waals surface area contributed by atoms with Crippen LogP contribution in [-0.4, -0.2) is 37.1 Å². The van der Waals surface area contributed by atoms with Crippen LogP contribution in [0.3, 0.4) is 0 Å². The highest BCUT2D eigenvalue weighted by atomic mass is 15.1. The quantitative estimate of drug-likeness (QED) is 0.764. The van der Waals surface area contributed by atoms with Gasteiger partial charge in [-0.1, -0.05) is 13.8 Å². The summed E-state index contributed by atoms with van der Waals surface area (Å²) >= 11 is 0. The van der Waals surface area contributed by atoms with E-state index in [0.717, 1.165) is 17.9 Å². The molecule has 1 N–H and O–H groups in total. The number of hydrogen-bond donors (Lipinski definition) is 1. The summed E-state index contributed by atoms with van der Waals surface area (Å²) in [5.41, 5.74) is 0. The van der Waals surface area contributed by atoms with E-state index in [4.69, 9.17) is 0 Å². The van der Waals surface area contributed by atoms with Gasteiger partial charge in [0.15, 0.2) is 0 Å². The molecule has 15 heavy (non-hydrogen) atoms. The SMILES string of the molecule is CCN1CCC(CNC2CC(C)C2)CC1. The number of hydrogen-bond acceptors (Lipinski definition) is 2. The van der Waals surface area contributed by atoms with Gasteiger partial charge in [-0.2, -0.15) is 0 Å². The van der Waals surface area contributed by atoms with Crippen LogP contribution in [0.2, 0.25) is 0 Å². The zero-order chi connectivity index (χ0) is 10.7. The Bertz CT molecular complexity index is 179. The maximum atomic E-state index is 3.73. The van der Waals surface area contributed by atoms with Gasteiger partial charge in [-0.05, 0) is 63.7 Å². The molecule has 1 aliphatic carbocycles. The highest BCUT2D eigenvalue weighted by Crippen LogP contribution is 2.26. The number of nitrogens with one attached hydrogen (secondary N) is 1. The molecule has 0 spiro atoms. The third-order valence-electron chi connectivity index (χ3n) is 4.22. The van der Waals surface area contributed by atoms with Gasteiger partial charge in [-0.3, -0.25) is 0 Å². The average Bonchev–Trinajstić information content (AvgIpc) is 2.23. The molecule has 1 saturated carbocycles. The van der Waals surface area contributed by atoms with E-state index < -0.39 is 0 Å². The van der Waals surface area contributed by atoms with Gasteiger partial charge in [0.2, 0.25) is 0 Å². The fourth-order valence-electron chi connectivity index (χ4n) is 2.91. The Labute approximate surface area is 94.4 Å². The average molecular weight is 210 g/mol. The normalized spacial score (nSPS) is 34.0. The van der Waals surface area contributed by atoms with Crippen molar-refractivity contribution in [3.63, 3.8) is 0 Å². The van der Waals surface area contributed by atoms with Gasteiger partial charge in [0.25, 0.3) is 0 Å². The fraction of sp³-hybridized carbons (Fsp3) is 1.00. The van der Waals surface area contributed by atoms with Crippen LogP contribution in [0.5, 0.6) is 0 Å². The van der Waals surface area contributed by atoms with Crippen molar-refractivity contribution >= 4 is 0 Å². The Morgan fingerprint density at radius 2 is 1.87 bits per heavy atom. The van der Waals surface area contributed by atoms with E-state index in [9.17, 15) is 0 Å². The molecule has 2 nitrogen and oxygen atoms in total. The van der Waals surface area contributed by atoms with Crippen molar-refractivity contribution in [3.05, 3.63) is 0 Å². The van der Waals surface area contributed by atoms with E-state index in [-0.39, 0.29) is 0 Å². The minimum absolute atomic E-state index is 0.851. The summed E-state index contributed by atoms with van der Waals surface area (Å²) in [6.45, 7) is 9.79. The Morgan fingerprint density at radius 3 is 2.40 bits per heavy atom. The fourth-order valence-corrected chi connectivity index (χ4v) is 2.91. The zero-order valence-corrected chi connectivity index (χ0v) is 10.3. The number of nitrogens with zero attached hydrogens (tertiary/aromatic N) is 1. The van der Waals surface area contributed by atoms with Crippen LogP contribution in [0, 0.1) is 11.8 Å². The van der Waals surface area contributed by atoms with Crippen LogP contribution in [-0.2, 0) is 0 Å². The molecule has 0 unspecified atom stereocenters. The Kier molecular flexibility index (Phi) is 4.04. The molecule has 0 radical (unpaired) electrons. The lowest BCUT2D eigenvalue weighted by Gasteiger charge is -2.36. The molecular weight excluding hydrogens is 184 g/mol. The predicted octanol–water partition coefficient (Wildman–Crippen LogP) is 2.11. The lowest BCUT2D eigenvalue weighted by molar-refractivity contribution is 0.172. The van der Waals surface area contributed by atoms with Crippen LogP contribution in [0.4, 0.5) is 0 Å². The van der Waals surface area contributed by atoms with Gasteiger partial charge in [0, 0.05) is 6.04 Å². The molecular formula is C13H26N2. The van der Waals surface area contributed by atoms with Crippen molar-refractivity contribution in [1.29, 1.82) is 0 Å². The summed E-state index contributed by atoms with van der Waals surface area (Å²) in [6.07, 6.45) is 5.63. The molecule has 0 atom stereocenters. The van der Waals surface area contributed by atoms with E-state index in [2.05, 4.69) is 24.1 Å². The van der Waals surface area contributed by atoms with Gasteiger partial charge in [-0.25, -0.2) is 0 Å². The van der Waals surface area contributed by atoms with Crippen LogP contribution in [0.25, 0.3) is 0 Å². The van der Waals surface area contributed by atoms with Crippen LogP contribution in [0.1, 0.15) is 39.5 Å². The minimum Gasteiger partial charge on any atom is -0.314 e. The predicted molar refractivity (Wildman–Crippen MR) is 65.0 cm³/mol. The van der Waals surface area contributed by atoms with Crippen molar-refractivity contribution in [2.24, 2.45) is 11.8 Å². The molecule has 2 fully saturated rings. The summed E-state index contributed by atoms with van der Waals surface area (Å²) in [5.74, 6) is 1.92. The second-order valence-corrected chi connectivity index (χ2v) is 5.56. The first-order chi connectivity index (χ1) is 7.28. The maximum Gasteiger partial charge on any atom is 0.00722 e. The molecule has 0 bridgehead atoms. The first-order valence-corrected chi connectivity index (χ1v) is 6.73. The lowest BCUT2D eigenvalue weighted by Crippen LogP contribution is -2.44. The molecule has 1 aliphatic heterocycles. The largest absolute Gasteiger partial charge is 0.314 e. The lowest BCUT2D eigenvalue weighted by atomic mass is 9.81. The highest BCUT2D eigenvalue weighted by molar-refractivity contribution is 4.83. The second kappa shape index (κ2) is 5.31. The van der Waals surface area contributed by atoms with Crippen molar-refractivity contribution in [1.82, 2.24) is 10.2 Å². The number of piperidine rings is 1. The van der Waals surface area contributed by atoms with Gasteiger partial charge >= 0.3 is 0 Å². The first-order valence-electron chi connectivity index (χ1n) is 6.73. The van der Waals surface area contributed by atoms with Gasteiger partial charge in [-0.15, -0.1) is 0 Å². The van der Waals surface area contributed by atoms with E-state index in [1.165, 1.54) is 51.9 Å². The van der Waals surface area contributed by atoms with Crippen LogP contribution >= 0.6 is 0 Å². The van der Waals surface area contributed by atoms with E-state index in [1.54, 1.807) is 0 Å². The second-order valence-electron chi connectivity index (χ2n) is 5.56. The Hall–Kier alpha value is -0.0800. The molecule has 2 aliphatic rings. The van der Waals surface area contributed by atoms with Gasteiger partial charge < -0.3 is 10.2 Å². The van der Waals surface area contributed by atoms with E-state index >= 15 is 0 Å². The Morgan fingerprint density at radius 1 is 1.20 bits per heavy atom. The standard InChI is InChI=1S/C13H26N2/c1-3-15-6-4-12(5-7-15)10-14-13-8-11(2)9-13/h11-14H,3-10H2,1-2H3. The molecule has 0 aromatic rings. The topological polar surface area (TPSA) is 15.3 Å². The minimum atomic E-state index is 0.851. The first kappa shape index (κ1) is 11.4. The number of rotatable bonds is 4. The molecule has 0 amide bonds. The van der Waals surface area contributed by atoms with Crippen molar-refractivity contribution in [2.75, 3.05) is 26.2 Å². The number of likely N-dealkylation sites (tertiary alicyclic amines) is 1. The van der Waals surface area contributed by atoms with E-state index in [1.807, 2.05) is 0 Å². The van der Waals surface area contributed by atoms with Crippen LogP contribution in [0.15, 0.2) is 0 Å². The zero-order valence-electron chi connectivity index (χ0n) is 10.3. The molecule has 1 heterocycles. The smallest absolute Gasteiger partial charge is 0.00722 e.